The van der Waals surface area contributed by atoms with E-state index >= 15 is 0 Å². The molecule has 0 atom stereocenters. The highest BCUT2D eigenvalue weighted by atomic mass is 35.5. The summed E-state index contributed by atoms with van der Waals surface area (Å²) in [5.41, 5.74) is 2.71. The number of likely N-dealkylation sites (tertiary alicyclic amines) is 1. The fourth-order valence-corrected chi connectivity index (χ4v) is 3.49. The summed E-state index contributed by atoms with van der Waals surface area (Å²) >= 11 is 12.2. The Morgan fingerprint density at radius 2 is 1.62 bits per heavy atom. The average Bonchev–Trinajstić information content (AvgIpc) is 3.06. The van der Waals surface area contributed by atoms with Crippen LogP contribution < -0.4 is 5.32 Å². The van der Waals surface area contributed by atoms with E-state index in [1.54, 1.807) is 18.2 Å². The van der Waals surface area contributed by atoms with Crippen LogP contribution >= 0.6 is 23.2 Å². The van der Waals surface area contributed by atoms with Crippen molar-refractivity contribution in [3.63, 3.8) is 0 Å². The van der Waals surface area contributed by atoms with Crippen molar-refractivity contribution in [3.05, 3.63) is 63.6 Å². The molecule has 2 aromatic rings. The van der Waals surface area contributed by atoms with E-state index in [0.29, 0.717) is 15.6 Å². The number of anilines is 1. The summed E-state index contributed by atoms with van der Waals surface area (Å²) in [4.78, 5) is 14.7. The van der Waals surface area contributed by atoms with Gasteiger partial charge in [-0.2, -0.15) is 0 Å². The van der Waals surface area contributed by atoms with Crippen LogP contribution in [0.1, 0.15) is 24.0 Å². The van der Waals surface area contributed by atoms with Gasteiger partial charge in [0, 0.05) is 22.3 Å². The van der Waals surface area contributed by atoms with E-state index in [2.05, 4.69) is 22.3 Å². The average molecular weight is 363 g/mol. The van der Waals surface area contributed by atoms with E-state index in [1.807, 2.05) is 12.1 Å². The van der Waals surface area contributed by atoms with Gasteiger partial charge in [-0.15, -0.1) is 0 Å². The van der Waals surface area contributed by atoms with E-state index in [-0.39, 0.29) is 12.3 Å². The molecule has 1 aliphatic heterocycles. The second-order valence-electron chi connectivity index (χ2n) is 6.11. The van der Waals surface area contributed by atoms with Gasteiger partial charge in [0.25, 0.3) is 0 Å². The number of carbonyl (C=O) groups excluding carboxylic acids is 1. The molecule has 1 heterocycles. The molecule has 0 bridgehead atoms. The van der Waals surface area contributed by atoms with Crippen molar-refractivity contribution in [2.75, 3.05) is 18.4 Å². The summed E-state index contributed by atoms with van der Waals surface area (Å²) in [6, 6.07) is 13.3. The Hall–Kier alpha value is -1.55. The highest BCUT2D eigenvalue weighted by Crippen LogP contribution is 2.25. The van der Waals surface area contributed by atoms with Crippen LogP contribution in [-0.4, -0.2) is 23.9 Å². The highest BCUT2D eigenvalue weighted by molar-refractivity contribution is 6.36. The van der Waals surface area contributed by atoms with Crippen molar-refractivity contribution in [2.45, 2.75) is 25.8 Å². The Morgan fingerprint density at radius 1 is 1.00 bits per heavy atom. The summed E-state index contributed by atoms with van der Waals surface area (Å²) < 4.78 is 0. The minimum absolute atomic E-state index is 0.128. The number of halogens is 2. The Kier molecular flexibility index (Phi) is 5.77. The minimum atomic E-state index is -0.128. The van der Waals surface area contributed by atoms with E-state index in [0.717, 1.165) is 12.2 Å². The second-order valence-corrected chi connectivity index (χ2v) is 6.92. The quantitative estimate of drug-likeness (QED) is 0.830. The Bertz CT molecular complexity index is 690. The molecule has 24 heavy (non-hydrogen) atoms. The fourth-order valence-electron chi connectivity index (χ4n) is 2.96. The van der Waals surface area contributed by atoms with Crippen LogP contribution in [0.25, 0.3) is 0 Å². The minimum Gasteiger partial charge on any atom is -0.326 e. The summed E-state index contributed by atoms with van der Waals surface area (Å²) in [6.45, 7) is 3.33. The van der Waals surface area contributed by atoms with Crippen molar-refractivity contribution in [3.8, 4) is 0 Å². The molecule has 0 aliphatic carbocycles. The zero-order valence-corrected chi connectivity index (χ0v) is 14.9. The number of nitrogens with one attached hydrogen (secondary N) is 1. The van der Waals surface area contributed by atoms with Gasteiger partial charge < -0.3 is 5.32 Å². The van der Waals surface area contributed by atoms with Crippen LogP contribution in [0.5, 0.6) is 0 Å². The number of hydrogen-bond donors (Lipinski definition) is 1. The number of carbonyl (C=O) groups is 1. The van der Waals surface area contributed by atoms with Gasteiger partial charge in [-0.3, -0.25) is 9.69 Å². The summed E-state index contributed by atoms with van der Waals surface area (Å²) in [7, 11) is 0. The summed E-state index contributed by atoms with van der Waals surface area (Å²) in [5.74, 6) is -0.128. The molecule has 1 fully saturated rings. The third kappa shape index (κ3) is 4.50. The van der Waals surface area contributed by atoms with Gasteiger partial charge >= 0.3 is 0 Å². The molecule has 0 radical (unpaired) electrons. The molecule has 1 N–H and O–H groups in total. The first-order valence-electron chi connectivity index (χ1n) is 8.16. The molecule has 1 aliphatic rings. The number of amides is 1. The molecule has 3 nitrogen and oxygen atoms in total. The number of benzene rings is 2. The normalized spacial score (nSPS) is 14.8. The van der Waals surface area contributed by atoms with Gasteiger partial charge in [0.05, 0.1) is 6.42 Å². The van der Waals surface area contributed by atoms with Crippen molar-refractivity contribution in [1.82, 2.24) is 4.90 Å². The molecular formula is C19H20Cl2N2O. The topological polar surface area (TPSA) is 32.3 Å². The van der Waals surface area contributed by atoms with Crippen LogP contribution in [0, 0.1) is 0 Å². The fraction of sp³-hybridized carbons (Fsp3) is 0.316. The highest BCUT2D eigenvalue weighted by Gasteiger charge is 2.13. The summed E-state index contributed by atoms with van der Waals surface area (Å²) in [6.07, 6.45) is 2.74. The van der Waals surface area contributed by atoms with E-state index < -0.39 is 0 Å². The number of hydrogen-bond acceptors (Lipinski definition) is 2. The molecule has 0 aromatic heterocycles. The maximum atomic E-state index is 12.2. The van der Waals surface area contributed by atoms with Gasteiger partial charge in [-0.05, 0) is 61.3 Å². The predicted octanol–water partition coefficient (Wildman–Crippen LogP) is 4.77. The predicted molar refractivity (Wildman–Crippen MR) is 99.7 cm³/mol. The lowest BCUT2D eigenvalue weighted by atomic mass is 10.1. The standard InChI is InChI=1S/C19H20Cl2N2O/c20-17-4-3-5-18(21)16(17)12-19(24)22-15-8-6-14(7-9-15)13-23-10-1-2-11-23/h3-9H,1-2,10-13H2,(H,22,24). The van der Waals surface area contributed by atoms with Gasteiger partial charge in [0.2, 0.25) is 5.91 Å². The van der Waals surface area contributed by atoms with Crippen LogP contribution in [0.2, 0.25) is 10.0 Å². The van der Waals surface area contributed by atoms with E-state index in [4.69, 9.17) is 23.2 Å². The van der Waals surface area contributed by atoms with Gasteiger partial charge in [-0.25, -0.2) is 0 Å². The smallest absolute Gasteiger partial charge is 0.228 e. The largest absolute Gasteiger partial charge is 0.326 e. The lowest BCUT2D eigenvalue weighted by Gasteiger charge is -2.15. The monoisotopic (exact) mass is 362 g/mol. The number of rotatable bonds is 5. The van der Waals surface area contributed by atoms with Crippen LogP contribution in [0.4, 0.5) is 5.69 Å². The Labute approximate surface area is 152 Å². The zero-order chi connectivity index (χ0) is 16.9. The third-order valence-electron chi connectivity index (χ3n) is 4.24. The van der Waals surface area contributed by atoms with E-state index in [1.165, 1.54) is 31.5 Å². The van der Waals surface area contributed by atoms with Crippen LogP contribution in [-0.2, 0) is 17.8 Å². The maximum absolute atomic E-state index is 12.2. The lowest BCUT2D eigenvalue weighted by molar-refractivity contribution is -0.115. The molecule has 0 unspecified atom stereocenters. The van der Waals surface area contributed by atoms with Gasteiger partial charge in [-0.1, -0.05) is 41.4 Å². The second kappa shape index (κ2) is 8.02. The summed E-state index contributed by atoms with van der Waals surface area (Å²) in [5, 5.41) is 3.92. The van der Waals surface area contributed by atoms with Crippen LogP contribution in [0.3, 0.4) is 0 Å². The van der Waals surface area contributed by atoms with Gasteiger partial charge in [0.15, 0.2) is 0 Å². The van der Waals surface area contributed by atoms with E-state index in [9.17, 15) is 4.79 Å². The SMILES string of the molecule is O=C(Cc1c(Cl)cccc1Cl)Nc1ccc(CN2CCCC2)cc1. The maximum Gasteiger partial charge on any atom is 0.228 e. The first-order valence-corrected chi connectivity index (χ1v) is 8.91. The van der Waals surface area contributed by atoms with Gasteiger partial charge in [0.1, 0.15) is 0 Å². The molecule has 0 saturated carbocycles. The van der Waals surface area contributed by atoms with Crippen molar-refractivity contribution in [2.24, 2.45) is 0 Å². The zero-order valence-electron chi connectivity index (χ0n) is 13.4. The molecule has 3 rings (SSSR count). The lowest BCUT2D eigenvalue weighted by Crippen LogP contribution is -2.18. The molecule has 0 spiro atoms. The van der Waals surface area contributed by atoms with Crippen LogP contribution in [0.15, 0.2) is 42.5 Å². The number of nitrogens with zero attached hydrogens (tertiary/aromatic N) is 1. The molecule has 2 aromatic carbocycles. The molecule has 126 valence electrons. The third-order valence-corrected chi connectivity index (χ3v) is 4.95. The molecular weight excluding hydrogens is 343 g/mol. The first kappa shape index (κ1) is 17.3. The van der Waals surface area contributed by atoms with Crippen molar-refractivity contribution < 1.29 is 4.79 Å². The first-order chi connectivity index (χ1) is 11.6. The van der Waals surface area contributed by atoms with Crippen molar-refractivity contribution in [1.29, 1.82) is 0 Å². The molecule has 1 saturated heterocycles. The Balaban J connectivity index is 1.58. The van der Waals surface area contributed by atoms with Crippen molar-refractivity contribution >= 4 is 34.8 Å². The molecule has 1 amide bonds. The molecule has 5 heteroatoms. The Morgan fingerprint density at radius 3 is 2.25 bits per heavy atom.